The van der Waals surface area contributed by atoms with Crippen LogP contribution >= 0.6 is 0 Å². The summed E-state index contributed by atoms with van der Waals surface area (Å²) in [7, 11) is 1.62. The highest BCUT2D eigenvalue weighted by Gasteiger charge is 2.03. The van der Waals surface area contributed by atoms with E-state index in [1.54, 1.807) is 17.7 Å². The average molecular weight is 196 g/mol. The lowest BCUT2D eigenvalue weighted by Gasteiger charge is -2.10. The van der Waals surface area contributed by atoms with Crippen molar-refractivity contribution in [3.8, 4) is 0 Å². The maximum Gasteiger partial charge on any atom is 0.255 e. The van der Waals surface area contributed by atoms with Gasteiger partial charge in [-0.05, 0) is 13.0 Å². The SMILES string of the molecule is COCCn1c(C)ccc(CN)c1=O. The zero-order valence-electron chi connectivity index (χ0n) is 8.62. The fourth-order valence-electron chi connectivity index (χ4n) is 1.33. The summed E-state index contributed by atoms with van der Waals surface area (Å²) in [5, 5.41) is 0. The van der Waals surface area contributed by atoms with Crippen molar-refractivity contribution in [3.05, 3.63) is 33.7 Å². The minimum Gasteiger partial charge on any atom is -0.383 e. The lowest BCUT2D eigenvalue weighted by Crippen LogP contribution is -2.28. The van der Waals surface area contributed by atoms with Gasteiger partial charge in [-0.25, -0.2) is 0 Å². The van der Waals surface area contributed by atoms with Gasteiger partial charge >= 0.3 is 0 Å². The molecule has 0 atom stereocenters. The Balaban J connectivity index is 3.06. The molecule has 1 aromatic heterocycles. The second kappa shape index (κ2) is 4.93. The number of hydrogen-bond acceptors (Lipinski definition) is 3. The molecule has 0 aliphatic heterocycles. The maximum atomic E-state index is 11.8. The van der Waals surface area contributed by atoms with Crippen LogP contribution in [0.3, 0.4) is 0 Å². The summed E-state index contributed by atoms with van der Waals surface area (Å²) < 4.78 is 6.62. The van der Waals surface area contributed by atoms with Crippen molar-refractivity contribution in [2.45, 2.75) is 20.0 Å². The third-order valence-electron chi connectivity index (χ3n) is 2.21. The second-order valence-corrected chi connectivity index (χ2v) is 3.15. The van der Waals surface area contributed by atoms with Crippen LogP contribution in [0.15, 0.2) is 16.9 Å². The van der Waals surface area contributed by atoms with E-state index in [4.69, 9.17) is 10.5 Å². The smallest absolute Gasteiger partial charge is 0.255 e. The zero-order valence-corrected chi connectivity index (χ0v) is 8.62. The minimum atomic E-state index is -0.00968. The van der Waals surface area contributed by atoms with E-state index in [1.807, 2.05) is 13.0 Å². The van der Waals surface area contributed by atoms with Crippen LogP contribution in [0.1, 0.15) is 11.3 Å². The first-order valence-electron chi connectivity index (χ1n) is 4.59. The summed E-state index contributed by atoms with van der Waals surface area (Å²) in [5.41, 5.74) is 7.02. The Bertz CT molecular complexity index is 358. The van der Waals surface area contributed by atoms with Gasteiger partial charge in [-0.1, -0.05) is 6.07 Å². The molecule has 0 aromatic carbocycles. The predicted octanol–water partition coefficient (Wildman–Crippen LogP) is 0.262. The molecule has 0 spiro atoms. The van der Waals surface area contributed by atoms with Crippen LogP contribution in [0.2, 0.25) is 0 Å². The molecule has 4 nitrogen and oxygen atoms in total. The number of methoxy groups -OCH3 is 1. The van der Waals surface area contributed by atoms with Crippen LogP contribution in [0.25, 0.3) is 0 Å². The highest BCUT2D eigenvalue weighted by atomic mass is 16.5. The minimum absolute atomic E-state index is 0.00968. The van der Waals surface area contributed by atoms with Gasteiger partial charge < -0.3 is 15.0 Å². The molecule has 0 unspecified atom stereocenters. The first-order chi connectivity index (χ1) is 6.70. The summed E-state index contributed by atoms with van der Waals surface area (Å²) in [6.07, 6.45) is 0. The van der Waals surface area contributed by atoms with Crippen molar-refractivity contribution < 1.29 is 4.74 Å². The van der Waals surface area contributed by atoms with Gasteiger partial charge in [0.25, 0.3) is 5.56 Å². The van der Waals surface area contributed by atoms with Crippen LogP contribution in [-0.4, -0.2) is 18.3 Å². The summed E-state index contributed by atoms with van der Waals surface area (Å²) in [5.74, 6) is 0. The van der Waals surface area contributed by atoms with Crippen molar-refractivity contribution in [2.24, 2.45) is 5.73 Å². The van der Waals surface area contributed by atoms with Crippen LogP contribution in [0.5, 0.6) is 0 Å². The monoisotopic (exact) mass is 196 g/mol. The molecule has 0 saturated carbocycles. The third-order valence-corrected chi connectivity index (χ3v) is 2.21. The van der Waals surface area contributed by atoms with E-state index in [9.17, 15) is 4.79 Å². The van der Waals surface area contributed by atoms with Crippen LogP contribution in [-0.2, 0) is 17.8 Å². The fraction of sp³-hybridized carbons (Fsp3) is 0.500. The van der Waals surface area contributed by atoms with Crippen molar-refractivity contribution >= 4 is 0 Å². The van der Waals surface area contributed by atoms with Gasteiger partial charge in [-0.2, -0.15) is 0 Å². The Hall–Kier alpha value is -1.13. The predicted molar refractivity (Wildman–Crippen MR) is 55.2 cm³/mol. The van der Waals surface area contributed by atoms with Crippen LogP contribution in [0, 0.1) is 6.92 Å². The molecule has 1 heterocycles. The highest BCUT2D eigenvalue weighted by Crippen LogP contribution is 1.97. The Morgan fingerprint density at radius 1 is 1.50 bits per heavy atom. The topological polar surface area (TPSA) is 57.2 Å². The lowest BCUT2D eigenvalue weighted by molar-refractivity contribution is 0.185. The van der Waals surface area contributed by atoms with E-state index < -0.39 is 0 Å². The average Bonchev–Trinajstić information content (AvgIpc) is 2.18. The summed E-state index contributed by atoms with van der Waals surface area (Å²) >= 11 is 0. The van der Waals surface area contributed by atoms with E-state index >= 15 is 0 Å². The molecule has 4 heteroatoms. The third kappa shape index (κ3) is 2.21. The van der Waals surface area contributed by atoms with E-state index in [2.05, 4.69) is 0 Å². The summed E-state index contributed by atoms with van der Waals surface area (Å²) in [6.45, 7) is 3.30. The fourth-order valence-corrected chi connectivity index (χ4v) is 1.33. The molecular formula is C10H16N2O2. The molecule has 0 amide bonds. The van der Waals surface area contributed by atoms with Crippen molar-refractivity contribution in [3.63, 3.8) is 0 Å². The zero-order chi connectivity index (χ0) is 10.6. The number of nitrogens with two attached hydrogens (primary N) is 1. The van der Waals surface area contributed by atoms with Gasteiger partial charge in [0.1, 0.15) is 0 Å². The molecule has 2 N–H and O–H groups in total. The molecule has 1 rings (SSSR count). The van der Waals surface area contributed by atoms with Crippen molar-refractivity contribution in [2.75, 3.05) is 13.7 Å². The number of aromatic nitrogens is 1. The molecule has 0 fully saturated rings. The Morgan fingerprint density at radius 2 is 2.21 bits per heavy atom. The molecule has 0 aliphatic rings. The van der Waals surface area contributed by atoms with Crippen LogP contribution < -0.4 is 11.3 Å². The largest absolute Gasteiger partial charge is 0.383 e. The maximum absolute atomic E-state index is 11.8. The molecule has 0 saturated heterocycles. The van der Waals surface area contributed by atoms with Gasteiger partial charge in [-0.15, -0.1) is 0 Å². The number of pyridine rings is 1. The standard InChI is InChI=1S/C10H16N2O2/c1-8-3-4-9(7-11)10(13)12(8)5-6-14-2/h3-4H,5-7,11H2,1-2H3. The van der Waals surface area contributed by atoms with Crippen LogP contribution in [0.4, 0.5) is 0 Å². The van der Waals surface area contributed by atoms with Gasteiger partial charge in [-0.3, -0.25) is 4.79 Å². The molecule has 1 aromatic rings. The molecule has 0 radical (unpaired) electrons. The van der Waals surface area contributed by atoms with Crippen molar-refractivity contribution in [1.82, 2.24) is 4.57 Å². The highest BCUT2D eigenvalue weighted by molar-refractivity contribution is 5.15. The quantitative estimate of drug-likeness (QED) is 0.751. The molecule has 0 bridgehead atoms. The van der Waals surface area contributed by atoms with Gasteiger partial charge in [0, 0.05) is 31.5 Å². The first kappa shape index (κ1) is 10.9. The lowest BCUT2D eigenvalue weighted by atomic mass is 10.2. The molecule has 0 aliphatic carbocycles. The number of aryl methyl sites for hydroxylation is 1. The van der Waals surface area contributed by atoms with E-state index in [0.717, 1.165) is 5.69 Å². The summed E-state index contributed by atoms with van der Waals surface area (Å²) in [4.78, 5) is 11.8. The van der Waals surface area contributed by atoms with E-state index in [0.29, 0.717) is 18.7 Å². The molecular weight excluding hydrogens is 180 g/mol. The van der Waals surface area contributed by atoms with Gasteiger partial charge in [0.15, 0.2) is 0 Å². The summed E-state index contributed by atoms with van der Waals surface area (Å²) in [6, 6.07) is 3.68. The van der Waals surface area contributed by atoms with E-state index in [1.165, 1.54) is 0 Å². The normalized spacial score (nSPS) is 10.5. The Morgan fingerprint density at radius 3 is 2.79 bits per heavy atom. The number of nitrogens with zero attached hydrogens (tertiary/aromatic N) is 1. The van der Waals surface area contributed by atoms with E-state index in [-0.39, 0.29) is 12.1 Å². The number of rotatable bonds is 4. The molecule has 14 heavy (non-hydrogen) atoms. The Kier molecular flexibility index (Phi) is 3.85. The van der Waals surface area contributed by atoms with Gasteiger partial charge in [0.2, 0.25) is 0 Å². The first-order valence-corrected chi connectivity index (χ1v) is 4.59. The molecule has 78 valence electrons. The Labute approximate surface area is 83.3 Å². The van der Waals surface area contributed by atoms with Gasteiger partial charge in [0.05, 0.1) is 6.61 Å². The second-order valence-electron chi connectivity index (χ2n) is 3.15. The van der Waals surface area contributed by atoms with Crippen molar-refractivity contribution in [1.29, 1.82) is 0 Å². The number of ether oxygens (including phenoxy) is 1. The number of hydrogen-bond donors (Lipinski definition) is 1.